The second kappa shape index (κ2) is 10.9. The van der Waals surface area contributed by atoms with Gasteiger partial charge in [0.25, 0.3) is 0 Å². The number of nitrogens with zero attached hydrogens (tertiary/aromatic N) is 1. The molecule has 142 valence electrons. The Labute approximate surface area is 150 Å². The van der Waals surface area contributed by atoms with Crippen LogP contribution in [0.1, 0.15) is 39.5 Å². The van der Waals surface area contributed by atoms with E-state index in [2.05, 4.69) is 10.0 Å². The van der Waals surface area contributed by atoms with Crippen molar-refractivity contribution in [2.75, 3.05) is 25.4 Å². The van der Waals surface area contributed by atoms with Gasteiger partial charge in [0.05, 0.1) is 12.3 Å². The summed E-state index contributed by atoms with van der Waals surface area (Å²) in [5.41, 5.74) is 5.67. The van der Waals surface area contributed by atoms with E-state index in [1.807, 2.05) is 0 Å². The normalized spacial score (nSPS) is 18.2. The molecule has 0 aromatic rings. The van der Waals surface area contributed by atoms with Crippen molar-refractivity contribution in [3.8, 4) is 0 Å². The average molecular weight is 385 g/mol. The molecule has 10 heteroatoms. The molecule has 1 atom stereocenters. The van der Waals surface area contributed by atoms with Crippen molar-refractivity contribution in [2.24, 2.45) is 5.73 Å². The van der Waals surface area contributed by atoms with Crippen molar-refractivity contribution in [3.05, 3.63) is 0 Å². The number of piperidine rings is 1. The van der Waals surface area contributed by atoms with Crippen LogP contribution in [0.3, 0.4) is 0 Å². The Morgan fingerprint density at radius 3 is 2.54 bits per heavy atom. The number of likely N-dealkylation sites (tertiary alicyclic amines) is 1. The molecule has 0 aromatic heterocycles. The predicted molar refractivity (Wildman–Crippen MR) is 95.3 cm³/mol. The minimum Gasteiger partial charge on any atom is -0.353 e. The number of carbonyl (C=O) groups excluding carboxylic acids is 2. The van der Waals surface area contributed by atoms with Crippen LogP contribution in [0.5, 0.6) is 0 Å². The molecule has 0 bridgehead atoms. The molecule has 1 aliphatic rings. The minimum absolute atomic E-state index is 0. The van der Waals surface area contributed by atoms with Gasteiger partial charge >= 0.3 is 0 Å². The lowest BCUT2D eigenvalue weighted by atomic mass is 10.0. The molecule has 24 heavy (non-hydrogen) atoms. The Kier molecular flexibility index (Phi) is 10.5. The van der Waals surface area contributed by atoms with E-state index in [1.165, 1.54) is 0 Å². The van der Waals surface area contributed by atoms with Crippen molar-refractivity contribution in [2.45, 2.75) is 51.6 Å². The van der Waals surface area contributed by atoms with Gasteiger partial charge in [0.1, 0.15) is 0 Å². The summed E-state index contributed by atoms with van der Waals surface area (Å²) in [6.07, 6.45) is 2.72. The van der Waals surface area contributed by atoms with Gasteiger partial charge in [-0.1, -0.05) is 0 Å². The first-order valence-electron chi connectivity index (χ1n) is 8.01. The fraction of sp³-hybridized carbons (Fsp3) is 0.857. The summed E-state index contributed by atoms with van der Waals surface area (Å²) in [5.74, 6) is -0.916. The highest BCUT2D eigenvalue weighted by atomic mass is 35.5. The van der Waals surface area contributed by atoms with Gasteiger partial charge in [0.2, 0.25) is 21.8 Å². The van der Waals surface area contributed by atoms with Crippen LogP contribution < -0.4 is 15.8 Å². The topological polar surface area (TPSA) is 122 Å². The van der Waals surface area contributed by atoms with Crippen LogP contribution in [-0.4, -0.2) is 62.6 Å². The van der Waals surface area contributed by atoms with E-state index in [9.17, 15) is 18.0 Å². The molecule has 0 aromatic carbocycles. The minimum atomic E-state index is -3.66. The zero-order valence-corrected chi connectivity index (χ0v) is 15.9. The number of nitrogens with one attached hydrogen (secondary N) is 2. The molecule has 1 heterocycles. The number of hydrogen-bond acceptors (Lipinski definition) is 5. The zero-order valence-electron chi connectivity index (χ0n) is 14.3. The van der Waals surface area contributed by atoms with Crippen LogP contribution in [0.15, 0.2) is 0 Å². The van der Waals surface area contributed by atoms with Crippen LogP contribution >= 0.6 is 12.4 Å². The van der Waals surface area contributed by atoms with E-state index >= 15 is 0 Å². The largest absolute Gasteiger partial charge is 0.353 e. The molecule has 1 aliphatic heterocycles. The van der Waals surface area contributed by atoms with Gasteiger partial charge in [-0.25, -0.2) is 13.1 Å². The third-order valence-electron chi connectivity index (χ3n) is 3.71. The third-order valence-corrected chi connectivity index (χ3v) is 5.03. The second-order valence-electron chi connectivity index (χ2n) is 6.08. The molecule has 1 saturated heterocycles. The van der Waals surface area contributed by atoms with Crippen molar-refractivity contribution < 1.29 is 18.0 Å². The summed E-state index contributed by atoms with van der Waals surface area (Å²) in [6.45, 7) is 4.29. The number of carbonyl (C=O) groups is 2. The summed E-state index contributed by atoms with van der Waals surface area (Å²) >= 11 is 0. The van der Waals surface area contributed by atoms with Gasteiger partial charge in [0, 0.05) is 31.6 Å². The highest BCUT2D eigenvalue weighted by Gasteiger charge is 2.26. The molecule has 0 aliphatic carbocycles. The van der Waals surface area contributed by atoms with E-state index < -0.39 is 15.9 Å². The van der Waals surface area contributed by atoms with E-state index in [0.29, 0.717) is 13.1 Å². The molecular weight excluding hydrogens is 356 g/mol. The number of rotatable bonds is 8. The molecule has 0 radical (unpaired) electrons. The van der Waals surface area contributed by atoms with Crippen LogP contribution in [0.2, 0.25) is 0 Å². The fourth-order valence-corrected chi connectivity index (χ4v) is 3.50. The maximum absolute atomic E-state index is 12.2. The lowest BCUT2D eigenvalue weighted by Gasteiger charge is -2.35. The molecule has 1 unspecified atom stereocenters. The fourth-order valence-electron chi connectivity index (χ4n) is 2.56. The predicted octanol–water partition coefficient (Wildman–Crippen LogP) is -0.418. The number of sulfonamides is 1. The van der Waals surface area contributed by atoms with Crippen molar-refractivity contribution in [1.82, 2.24) is 14.9 Å². The van der Waals surface area contributed by atoms with Crippen molar-refractivity contribution in [1.29, 1.82) is 0 Å². The number of amides is 2. The molecule has 0 saturated carbocycles. The van der Waals surface area contributed by atoms with E-state index in [-0.39, 0.29) is 49.1 Å². The van der Waals surface area contributed by atoms with E-state index in [4.69, 9.17) is 5.73 Å². The first kappa shape index (κ1) is 23.1. The lowest BCUT2D eigenvalue weighted by Crippen LogP contribution is -2.48. The number of hydrogen-bond donors (Lipinski definition) is 3. The first-order chi connectivity index (χ1) is 10.7. The van der Waals surface area contributed by atoms with Gasteiger partial charge in [-0.3, -0.25) is 9.59 Å². The molecule has 2 amide bonds. The van der Waals surface area contributed by atoms with Crippen LogP contribution in [0, 0.1) is 0 Å². The highest BCUT2D eigenvalue weighted by Crippen LogP contribution is 2.17. The number of halogens is 1. The Balaban J connectivity index is 0.00000529. The molecule has 4 N–H and O–H groups in total. The van der Waals surface area contributed by atoms with Gasteiger partial charge in [-0.05, 0) is 33.1 Å². The molecular formula is C14H29ClN4O4S. The summed E-state index contributed by atoms with van der Waals surface area (Å²) in [4.78, 5) is 25.3. The summed E-state index contributed by atoms with van der Waals surface area (Å²) < 4.78 is 26.0. The quantitative estimate of drug-likeness (QED) is 0.524. The Bertz CT molecular complexity index is 513. The van der Waals surface area contributed by atoms with E-state index in [1.54, 1.807) is 18.7 Å². The molecule has 1 rings (SSSR count). The van der Waals surface area contributed by atoms with Crippen molar-refractivity contribution >= 4 is 34.2 Å². The zero-order chi connectivity index (χ0) is 17.5. The van der Waals surface area contributed by atoms with Gasteiger partial charge < -0.3 is 16.0 Å². The summed E-state index contributed by atoms with van der Waals surface area (Å²) in [5, 5.41) is 2.59. The Morgan fingerprint density at radius 1 is 1.29 bits per heavy atom. The average Bonchev–Trinajstić information content (AvgIpc) is 2.50. The monoisotopic (exact) mass is 384 g/mol. The Morgan fingerprint density at radius 2 is 1.96 bits per heavy atom. The first-order valence-corrected chi connectivity index (χ1v) is 9.66. The maximum Gasteiger partial charge on any atom is 0.235 e. The third kappa shape index (κ3) is 8.27. The molecule has 1 fully saturated rings. The van der Waals surface area contributed by atoms with Gasteiger partial charge in [-0.2, -0.15) is 0 Å². The van der Waals surface area contributed by atoms with Crippen LogP contribution in [-0.2, 0) is 19.6 Å². The highest BCUT2D eigenvalue weighted by molar-refractivity contribution is 7.89. The molecule has 0 spiro atoms. The lowest BCUT2D eigenvalue weighted by molar-refractivity contribution is -0.134. The Hall–Kier alpha value is -0.900. The second-order valence-corrected chi connectivity index (χ2v) is 8.01. The van der Waals surface area contributed by atoms with Gasteiger partial charge in [-0.15, -0.1) is 12.4 Å². The summed E-state index contributed by atoms with van der Waals surface area (Å²) in [7, 11) is -3.66. The maximum atomic E-state index is 12.2. The van der Waals surface area contributed by atoms with Crippen LogP contribution in [0.25, 0.3) is 0 Å². The van der Waals surface area contributed by atoms with E-state index in [0.717, 1.165) is 19.3 Å². The van der Waals surface area contributed by atoms with Gasteiger partial charge in [0.15, 0.2) is 0 Å². The van der Waals surface area contributed by atoms with Crippen LogP contribution in [0.4, 0.5) is 0 Å². The summed E-state index contributed by atoms with van der Waals surface area (Å²) in [6, 6.07) is -0.0513. The SMILES string of the molecule is CC(C)NC(=O)CNS(=O)(=O)CCC(=O)N1CCCCC1CN.Cl. The number of nitrogens with two attached hydrogens (primary N) is 1. The van der Waals surface area contributed by atoms with Crippen molar-refractivity contribution in [3.63, 3.8) is 0 Å². The smallest absolute Gasteiger partial charge is 0.235 e. The standard InChI is InChI=1S/C14H28N4O4S.ClH/c1-11(2)17-13(19)10-16-23(21,22)8-6-14(20)18-7-4-3-5-12(18)9-15;/h11-12,16H,3-10,15H2,1-2H3,(H,17,19);1H. The molecule has 8 nitrogen and oxygen atoms in total.